The Morgan fingerprint density at radius 2 is 1.39 bits per heavy atom. The van der Waals surface area contributed by atoms with Crippen LogP contribution in [0.4, 0.5) is 0 Å². The molecule has 0 aromatic carbocycles. The van der Waals surface area contributed by atoms with E-state index in [0.717, 1.165) is 13.8 Å². The van der Waals surface area contributed by atoms with Crippen molar-refractivity contribution in [2.24, 2.45) is 11.5 Å². The summed E-state index contributed by atoms with van der Waals surface area (Å²) in [6.45, 7) is 1.27. The maximum absolute atomic E-state index is 10.1. The second-order valence-corrected chi connectivity index (χ2v) is 6.63. The largest absolute Gasteiger partial charge is 0.481 e. The zero-order valence-corrected chi connectivity index (χ0v) is 18.5. The topological polar surface area (TPSA) is 255 Å². The van der Waals surface area contributed by atoms with Gasteiger partial charge in [0.2, 0.25) is 0 Å². The fourth-order valence-electron chi connectivity index (χ4n) is 2.60. The summed E-state index contributed by atoms with van der Waals surface area (Å²) in [7, 11) is 0. The molecule has 2 heterocycles. The molecular formula is C16H32N2O12Pd. The molecule has 14 nitrogen and oxygen atoms in total. The SMILES string of the molecule is CC(=O)O.CC(=O)O.N[C@@H]1[C@H](O[C@H]2[C@H](O)[C@H](N)CO[C@@H]2CO)O[C@H](CO)[C@@H](O)[C@@H]1O.[Pd]. The van der Waals surface area contributed by atoms with E-state index in [1.165, 1.54) is 0 Å². The molecule has 31 heavy (non-hydrogen) atoms. The van der Waals surface area contributed by atoms with E-state index in [1.807, 2.05) is 0 Å². The summed E-state index contributed by atoms with van der Waals surface area (Å²) >= 11 is 0. The van der Waals surface area contributed by atoms with Gasteiger partial charge in [0.15, 0.2) is 6.29 Å². The zero-order chi connectivity index (χ0) is 23.6. The van der Waals surface area contributed by atoms with Crippen molar-refractivity contribution in [3.63, 3.8) is 0 Å². The quantitative estimate of drug-likeness (QED) is 0.149. The number of hydrogen-bond donors (Lipinski definition) is 9. The summed E-state index contributed by atoms with van der Waals surface area (Å²) in [5.41, 5.74) is 11.4. The summed E-state index contributed by atoms with van der Waals surface area (Å²) in [6.07, 6.45) is -8.00. The third kappa shape index (κ3) is 11.1. The van der Waals surface area contributed by atoms with Crippen molar-refractivity contribution in [1.82, 2.24) is 0 Å². The number of aliphatic hydroxyl groups excluding tert-OH is 5. The first-order valence-electron chi connectivity index (χ1n) is 8.95. The first kappa shape index (κ1) is 32.4. The molecule has 11 N–H and O–H groups in total. The van der Waals surface area contributed by atoms with Crippen LogP contribution in [0.25, 0.3) is 0 Å². The summed E-state index contributed by atoms with van der Waals surface area (Å²) in [4.78, 5) is 18.0. The molecule has 188 valence electrons. The molecule has 2 saturated heterocycles. The number of carbonyl (C=O) groups is 2. The number of carboxylic acid groups (broad SMARTS) is 2. The molecule has 2 fully saturated rings. The normalized spacial score (nSPS) is 37.1. The van der Waals surface area contributed by atoms with E-state index in [0.29, 0.717) is 0 Å². The van der Waals surface area contributed by atoms with Gasteiger partial charge in [-0.1, -0.05) is 0 Å². The van der Waals surface area contributed by atoms with Crippen molar-refractivity contribution in [2.75, 3.05) is 19.8 Å². The summed E-state index contributed by atoms with van der Waals surface area (Å²) < 4.78 is 16.1. The zero-order valence-electron chi connectivity index (χ0n) is 17.0. The average Bonchev–Trinajstić information content (AvgIpc) is 2.65. The van der Waals surface area contributed by atoms with E-state index in [9.17, 15) is 20.4 Å². The molecule has 0 bridgehead atoms. The van der Waals surface area contributed by atoms with Crippen LogP contribution in [0, 0.1) is 0 Å². The van der Waals surface area contributed by atoms with E-state index >= 15 is 0 Å². The van der Waals surface area contributed by atoms with Gasteiger partial charge in [-0.15, -0.1) is 0 Å². The van der Waals surface area contributed by atoms with Crippen molar-refractivity contribution in [2.45, 2.75) is 68.8 Å². The summed E-state index contributed by atoms with van der Waals surface area (Å²) in [5.74, 6) is -1.67. The Hall–Kier alpha value is -0.798. The Morgan fingerprint density at radius 1 is 0.935 bits per heavy atom. The number of hydrogen-bond acceptors (Lipinski definition) is 12. The van der Waals surface area contributed by atoms with E-state index in [2.05, 4.69) is 0 Å². The molecule has 0 aromatic rings. The van der Waals surface area contributed by atoms with Crippen LogP contribution in [0.3, 0.4) is 0 Å². The van der Waals surface area contributed by atoms with Crippen LogP contribution in [0.5, 0.6) is 0 Å². The van der Waals surface area contributed by atoms with Gasteiger partial charge in [-0.2, -0.15) is 0 Å². The number of aliphatic hydroxyl groups is 5. The van der Waals surface area contributed by atoms with Crippen LogP contribution in [-0.2, 0) is 44.2 Å². The number of ether oxygens (including phenoxy) is 3. The third-order valence-corrected chi connectivity index (χ3v) is 4.04. The molecule has 0 unspecified atom stereocenters. The van der Waals surface area contributed by atoms with Gasteiger partial charge >= 0.3 is 0 Å². The Balaban J connectivity index is 0. The van der Waals surface area contributed by atoms with E-state index in [-0.39, 0.29) is 27.0 Å². The molecule has 0 amide bonds. The van der Waals surface area contributed by atoms with E-state index in [1.54, 1.807) is 0 Å². The molecule has 2 rings (SSSR count). The monoisotopic (exact) mass is 550 g/mol. The molecule has 15 heteroatoms. The first-order valence-corrected chi connectivity index (χ1v) is 8.95. The van der Waals surface area contributed by atoms with Gasteiger partial charge in [0.05, 0.1) is 31.9 Å². The maximum Gasteiger partial charge on any atom is 0.300 e. The Morgan fingerprint density at radius 3 is 1.81 bits per heavy atom. The second kappa shape index (κ2) is 15.9. The molecule has 2 aliphatic heterocycles. The van der Waals surface area contributed by atoms with E-state index < -0.39 is 80.1 Å². The van der Waals surface area contributed by atoms with Gasteiger partial charge in [0, 0.05) is 34.3 Å². The predicted octanol–water partition coefficient (Wildman–Crippen LogP) is -4.60. The fraction of sp³-hybridized carbons (Fsp3) is 0.875. The first-order chi connectivity index (χ1) is 13.9. The minimum absolute atomic E-state index is 0. The number of carboxylic acids is 2. The van der Waals surface area contributed by atoms with Crippen molar-refractivity contribution in [1.29, 1.82) is 0 Å². The van der Waals surface area contributed by atoms with Gasteiger partial charge in [0.25, 0.3) is 11.9 Å². The van der Waals surface area contributed by atoms with Crippen molar-refractivity contribution in [3.05, 3.63) is 0 Å². The fourth-order valence-corrected chi connectivity index (χ4v) is 2.60. The average molecular weight is 551 g/mol. The molecule has 2 aliphatic rings. The van der Waals surface area contributed by atoms with E-state index in [4.69, 9.17) is 50.6 Å². The van der Waals surface area contributed by atoms with Crippen LogP contribution in [-0.4, -0.2) is 123 Å². The van der Waals surface area contributed by atoms with Gasteiger partial charge in [-0.05, 0) is 0 Å². The minimum Gasteiger partial charge on any atom is -0.481 e. The van der Waals surface area contributed by atoms with Gasteiger partial charge in [-0.25, -0.2) is 0 Å². The second-order valence-electron chi connectivity index (χ2n) is 6.63. The standard InChI is InChI=1S/C12H24N2O8.2C2H4O2.Pd/c13-4-3-20-6(2-16)11(8(4)17)22-12-7(14)10(19)9(18)5(1-15)21-12;2*1-2(3)4;/h4-12,15-19H,1-3,13-14H2;2*1H3,(H,3,4);/t4-,5-,6-,7+,8-,9-,10-,11-,12+;;;/m1.../s1. The van der Waals surface area contributed by atoms with Crippen molar-refractivity contribution in [3.8, 4) is 0 Å². The van der Waals surface area contributed by atoms with Crippen LogP contribution < -0.4 is 11.5 Å². The van der Waals surface area contributed by atoms with Crippen LogP contribution in [0.2, 0.25) is 0 Å². The number of rotatable bonds is 4. The minimum atomic E-state index is -1.38. The Kier molecular flexibility index (Phi) is 16.6. The maximum atomic E-state index is 10.1. The molecule has 0 radical (unpaired) electrons. The third-order valence-electron chi connectivity index (χ3n) is 4.04. The van der Waals surface area contributed by atoms with Gasteiger partial charge < -0.3 is 61.4 Å². The van der Waals surface area contributed by atoms with Crippen LogP contribution in [0.1, 0.15) is 13.8 Å². The van der Waals surface area contributed by atoms with Crippen molar-refractivity contribution < 1.29 is 80.0 Å². The molecule has 0 saturated carbocycles. The molecular weight excluding hydrogens is 519 g/mol. The predicted molar refractivity (Wildman–Crippen MR) is 98.0 cm³/mol. The van der Waals surface area contributed by atoms with Crippen LogP contribution in [0.15, 0.2) is 0 Å². The van der Waals surface area contributed by atoms with Crippen LogP contribution >= 0.6 is 0 Å². The Labute approximate surface area is 192 Å². The summed E-state index contributed by atoms with van der Waals surface area (Å²) in [6, 6.07) is -1.82. The number of nitrogens with two attached hydrogens (primary N) is 2. The molecule has 9 atom stereocenters. The van der Waals surface area contributed by atoms with Gasteiger partial charge in [-0.3, -0.25) is 9.59 Å². The smallest absolute Gasteiger partial charge is 0.300 e. The van der Waals surface area contributed by atoms with Crippen molar-refractivity contribution >= 4 is 11.9 Å². The number of aliphatic carboxylic acids is 2. The molecule has 0 aliphatic carbocycles. The summed E-state index contributed by atoms with van der Waals surface area (Å²) in [5, 5.41) is 63.0. The van der Waals surface area contributed by atoms with Gasteiger partial charge in [0.1, 0.15) is 36.6 Å². The Bertz CT molecular complexity index is 507. The molecule has 0 aromatic heterocycles. The molecule has 0 spiro atoms.